The second kappa shape index (κ2) is 6.75. The van der Waals surface area contributed by atoms with Gasteiger partial charge in [0.15, 0.2) is 0 Å². The van der Waals surface area contributed by atoms with E-state index in [4.69, 9.17) is 0 Å². The van der Waals surface area contributed by atoms with Crippen molar-refractivity contribution in [3.05, 3.63) is 31.8 Å². The van der Waals surface area contributed by atoms with Crippen LogP contribution in [0.3, 0.4) is 0 Å². The number of amides is 1. The summed E-state index contributed by atoms with van der Waals surface area (Å²) in [4.78, 5) is 12.2. The number of carbonyl (C=O) groups excluding carboxylic acids is 1. The summed E-state index contributed by atoms with van der Waals surface area (Å²) in [5.74, 6) is 0.402. The fourth-order valence-corrected chi connectivity index (χ4v) is 3.75. The van der Waals surface area contributed by atoms with Crippen LogP contribution < -0.4 is 5.32 Å². The van der Waals surface area contributed by atoms with Gasteiger partial charge in [0, 0.05) is 14.6 Å². The molecule has 110 valence electrons. The molecule has 2 atom stereocenters. The molecule has 1 fully saturated rings. The third kappa shape index (κ3) is 4.18. The molecule has 1 aromatic rings. The van der Waals surface area contributed by atoms with Crippen LogP contribution in [0.1, 0.15) is 43.0 Å². The second-order valence-electron chi connectivity index (χ2n) is 5.73. The zero-order valence-corrected chi connectivity index (χ0v) is 15.2. The van der Waals surface area contributed by atoms with E-state index >= 15 is 0 Å². The Hall–Kier alpha value is -0.140. The van der Waals surface area contributed by atoms with Gasteiger partial charge < -0.3 is 10.4 Å². The number of nitrogens with one attached hydrogen (secondary N) is 1. The Bertz CT molecular complexity index is 509. The summed E-state index contributed by atoms with van der Waals surface area (Å²) in [5.41, 5.74) is -0.0995. The van der Waals surface area contributed by atoms with Crippen LogP contribution in [0.15, 0.2) is 22.7 Å². The summed E-state index contributed by atoms with van der Waals surface area (Å²) in [6.07, 6.45) is 3.73. The number of halogens is 2. The van der Waals surface area contributed by atoms with E-state index in [1.807, 2.05) is 18.2 Å². The number of carbonyl (C=O) groups is 1. The molecule has 1 aliphatic rings. The van der Waals surface area contributed by atoms with E-state index in [1.54, 1.807) is 0 Å². The molecule has 0 radical (unpaired) electrons. The quantitative estimate of drug-likeness (QED) is 0.688. The van der Waals surface area contributed by atoms with Gasteiger partial charge in [0.25, 0.3) is 5.91 Å². The van der Waals surface area contributed by atoms with Crippen LogP contribution >= 0.6 is 38.5 Å². The lowest BCUT2D eigenvalue weighted by atomic mass is 9.79. The first-order chi connectivity index (χ1) is 9.39. The predicted octanol–water partition coefficient (Wildman–Crippen LogP) is 3.72. The standard InChI is InChI=1S/C15H19BrINO2/c1-10-3-2-6-15(20,8-10)9-18-14(19)12-7-11(16)4-5-13(12)17/h4-5,7,10,20H,2-3,6,8-9H2,1H3,(H,18,19). The first kappa shape index (κ1) is 16.2. The summed E-state index contributed by atoms with van der Waals surface area (Å²) < 4.78 is 1.79. The van der Waals surface area contributed by atoms with Crippen molar-refractivity contribution in [2.75, 3.05) is 6.54 Å². The van der Waals surface area contributed by atoms with Gasteiger partial charge in [0.05, 0.1) is 11.2 Å². The molecule has 0 heterocycles. The lowest BCUT2D eigenvalue weighted by Crippen LogP contribution is -2.45. The third-order valence-electron chi connectivity index (χ3n) is 3.82. The van der Waals surface area contributed by atoms with Crippen LogP contribution in [0.4, 0.5) is 0 Å². The topological polar surface area (TPSA) is 49.3 Å². The Labute approximate surface area is 141 Å². The molecule has 0 aliphatic heterocycles. The maximum atomic E-state index is 12.2. The molecule has 20 heavy (non-hydrogen) atoms. The van der Waals surface area contributed by atoms with Gasteiger partial charge in [-0.1, -0.05) is 35.7 Å². The Morgan fingerprint density at radius 3 is 3.05 bits per heavy atom. The Morgan fingerprint density at radius 1 is 1.60 bits per heavy atom. The first-order valence-corrected chi connectivity index (χ1v) is 8.72. The Balaban J connectivity index is 1.99. The van der Waals surface area contributed by atoms with Crippen LogP contribution in [0.5, 0.6) is 0 Å². The van der Waals surface area contributed by atoms with E-state index in [0.717, 1.165) is 27.3 Å². The predicted molar refractivity (Wildman–Crippen MR) is 91.8 cm³/mol. The van der Waals surface area contributed by atoms with Crippen molar-refractivity contribution in [2.45, 2.75) is 38.2 Å². The monoisotopic (exact) mass is 451 g/mol. The van der Waals surface area contributed by atoms with Gasteiger partial charge in [0.2, 0.25) is 0 Å². The normalized spacial score (nSPS) is 26.3. The van der Waals surface area contributed by atoms with E-state index in [-0.39, 0.29) is 5.91 Å². The molecule has 3 nitrogen and oxygen atoms in total. The average Bonchev–Trinajstić information content (AvgIpc) is 2.39. The summed E-state index contributed by atoms with van der Waals surface area (Å²) in [6, 6.07) is 5.62. The fourth-order valence-electron chi connectivity index (χ4n) is 2.80. The summed E-state index contributed by atoms with van der Waals surface area (Å²) in [5, 5.41) is 13.4. The van der Waals surface area contributed by atoms with Crippen LogP contribution in [-0.4, -0.2) is 23.2 Å². The van der Waals surface area contributed by atoms with Crippen LogP contribution in [0.2, 0.25) is 0 Å². The lowest BCUT2D eigenvalue weighted by molar-refractivity contribution is -0.0109. The van der Waals surface area contributed by atoms with Crippen molar-refractivity contribution < 1.29 is 9.90 Å². The van der Waals surface area contributed by atoms with Crippen LogP contribution in [-0.2, 0) is 0 Å². The van der Waals surface area contributed by atoms with E-state index in [2.05, 4.69) is 50.8 Å². The number of rotatable bonds is 3. The largest absolute Gasteiger partial charge is 0.388 e. The molecule has 0 saturated heterocycles. The van der Waals surface area contributed by atoms with Crippen molar-refractivity contribution >= 4 is 44.4 Å². The molecule has 0 spiro atoms. The number of aliphatic hydroxyl groups is 1. The molecular weight excluding hydrogens is 433 g/mol. The van der Waals surface area contributed by atoms with E-state index < -0.39 is 5.60 Å². The molecule has 2 rings (SSSR count). The van der Waals surface area contributed by atoms with Crippen molar-refractivity contribution in [3.8, 4) is 0 Å². The minimum atomic E-state index is -0.745. The zero-order valence-electron chi connectivity index (χ0n) is 11.5. The SMILES string of the molecule is CC1CCCC(O)(CNC(=O)c2cc(Br)ccc2I)C1. The zero-order chi connectivity index (χ0) is 14.8. The fraction of sp³-hybridized carbons (Fsp3) is 0.533. The molecule has 1 saturated carbocycles. The van der Waals surface area contributed by atoms with Crippen LogP contribution in [0, 0.1) is 9.49 Å². The van der Waals surface area contributed by atoms with Gasteiger partial charge in [-0.15, -0.1) is 0 Å². The van der Waals surface area contributed by atoms with Crippen molar-refractivity contribution in [2.24, 2.45) is 5.92 Å². The van der Waals surface area contributed by atoms with Crippen molar-refractivity contribution in [1.29, 1.82) is 0 Å². The van der Waals surface area contributed by atoms with E-state index in [1.165, 1.54) is 6.42 Å². The maximum absolute atomic E-state index is 12.2. The van der Waals surface area contributed by atoms with Gasteiger partial charge >= 0.3 is 0 Å². The highest BCUT2D eigenvalue weighted by Gasteiger charge is 2.33. The average molecular weight is 452 g/mol. The van der Waals surface area contributed by atoms with Gasteiger partial charge in [-0.2, -0.15) is 0 Å². The molecule has 0 bridgehead atoms. The Morgan fingerprint density at radius 2 is 2.35 bits per heavy atom. The van der Waals surface area contributed by atoms with Gasteiger partial charge in [0.1, 0.15) is 0 Å². The van der Waals surface area contributed by atoms with Gasteiger partial charge in [-0.3, -0.25) is 4.79 Å². The maximum Gasteiger partial charge on any atom is 0.252 e. The number of hydrogen-bond acceptors (Lipinski definition) is 2. The summed E-state index contributed by atoms with van der Waals surface area (Å²) in [7, 11) is 0. The van der Waals surface area contributed by atoms with E-state index in [9.17, 15) is 9.90 Å². The first-order valence-electron chi connectivity index (χ1n) is 6.85. The number of hydrogen-bond donors (Lipinski definition) is 2. The molecule has 0 aromatic heterocycles. The van der Waals surface area contributed by atoms with Gasteiger partial charge in [-0.05, 0) is 59.5 Å². The minimum absolute atomic E-state index is 0.123. The highest BCUT2D eigenvalue weighted by molar-refractivity contribution is 14.1. The van der Waals surface area contributed by atoms with Gasteiger partial charge in [-0.25, -0.2) is 0 Å². The molecule has 5 heteroatoms. The molecule has 2 N–H and O–H groups in total. The summed E-state index contributed by atoms with van der Waals surface area (Å²) >= 11 is 5.53. The lowest BCUT2D eigenvalue weighted by Gasteiger charge is -2.35. The highest BCUT2D eigenvalue weighted by Crippen LogP contribution is 2.31. The molecule has 2 unspecified atom stereocenters. The van der Waals surface area contributed by atoms with Crippen LogP contribution in [0.25, 0.3) is 0 Å². The smallest absolute Gasteiger partial charge is 0.252 e. The molecular formula is C15H19BrINO2. The van der Waals surface area contributed by atoms with Crippen molar-refractivity contribution in [1.82, 2.24) is 5.32 Å². The molecule has 1 amide bonds. The second-order valence-corrected chi connectivity index (χ2v) is 7.81. The minimum Gasteiger partial charge on any atom is -0.388 e. The molecule has 1 aliphatic carbocycles. The summed E-state index contributed by atoms with van der Waals surface area (Å²) in [6.45, 7) is 2.49. The van der Waals surface area contributed by atoms with E-state index in [0.29, 0.717) is 18.0 Å². The van der Waals surface area contributed by atoms with Crippen molar-refractivity contribution in [3.63, 3.8) is 0 Å². The number of benzene rings is 1. The molecule has 1 aromatic carbocycles. The third-order valence-corrected chi connectivity index (χ3v) is 5.25. The highest BCUT2D eigenvalue weighted by atomic mass is 127. The Kier molecular flexibility index (Phi) is 5.48.